The third-order valence-electron chi connectivity index (χ3n) is 2.82. The van der Waals surface area contributed by atoms with Crippen LogP contribution in [0.25, 0.3) is 0 Å². The lowest BCUT2D eigenvalue weighted by molar-refractivity contribution is 0.464. The van der Waals surface area contributed by atoms with E-state index >= 15 is 0 Å². The van der Waals surface area contributed by atoms with Crippen molar-refractivity contribution < 1.29 is 4.74 Å². The first-order valence-corrected chi connectivity index (χ1v) is 6.83. The number of nitrogen functional groups attached to an aromatic ring is 1. The summed E-state index contributed by atoms with van der Waals surface area (Å²) in [5.74, 6) is 1.30. The molecule has 0 saturated carbocycles. The second kappa shape index (κ2) is 6.28. The van der Waals surface area contributed by atoms with Gasteiger partial charge in [0.2, 0.25) is 5.88 Å². The second-order valence-electron chi connectivity index (χ2n) is 4.32. The minimum absolute atomic E-state index is 0.267. The van der Waals surface area contributed by atoms with Gasteiger partial charge in [-0.1, -0.05) is 29.8 Å². The zero-order valence-electron chi connectivity index (χ0n) is 11.4. The molecule has 3 aromatic rings. The average Bonchev–Trinajstić information content (AvgIpc) is 2.54. The zero-order valence-corrected chi connectivity index (χ0v) is 12.2. The molecule has 110 valence electrons. The highest BCUT2D eigenvalue weighted by Crippen LogP contribution is 2.31. The second-order valence-corrected chi connectivity index (χ2v) is 4.68. The molecule has 0 unspecified atom stereocenters. The summed E-state index contributed by atoms with van der Waals surface area (Å²) in [5, 5.41) is 3.34. The number of nitrogens with one attached hydrogen (secondary N) is 1. The van der Waals surface area contributed by atoms with Gasteiger partial charge in [-0.2, -0.15) is 4.98 Å². The maximum absolute atomic E-state index is 6.05. The van der Waals surface area contributed by atoms with Crippen LogP contribution >= 0.6 is 11.6 Å². The topological polar surface area (TPSA) is 86.0 Å². The molecule has 0 aliphatic heterocycles. The Bertz CT molecular complexity index is 782. The number of halogens is 1. The highest BCUT2D eigenvalue weighted by atomic mass is 35.5. The third-order valence-corrected chi connectivity index (χ3v) is 3.12. The lowest BCUT2D eigenvalue weighted by Gasteiger charge is -2.12. The lowest BCUT2D eigenvalue weighted by Crippen LogP contribution is -2.03. The number of pyridine rings is 1. The number of ether oxygens (including phenoxy) is 1. The molecule has 0 amide bonds. The zero-order chi connectivity index (χ0) is 15.4. The van der Waals surface area contributed by atoms with Gasteiger partial charge in [-0.15, -0.1) is 0 Å². The van der Waals surface area contributed by atoms with Gasteiger partial charge in [0, 0.05) is 6.20 Å². The monoisotopic (exact) mass is 313 g/mol. The van der Waals surface area contributed by atoms with Crippen LogP contribution < -0.4 is 15.8 Å². The number of hydrogen-bond donors (Lipinski definition) is 2. The number of hydrogen-bond acceptors (Lipinski definition) is 6. The highest BCUT2D eigenvalue weighted by Gasteiger charge is 2.11. The van der Waals surface area contributed by atoms with Gasteiger partial charge in [0.15, 0.2) is 11.0 Å². The Morgan fingerprint density at radius 3 is 2.59 bits per heavy atom. The van der Waals surface area contributed by atoms with Crippen LogP contribution in [0, 0.1) is 0 Å². The minimum atomic E-state index is 0.267. The summed E-state index contributed by atoms with van der Waals surface area (Å²) in [5.41, 5.74) is 6.93. The van der Waals surface area contributed by atoms with Crippen LogP contribution in [-0.2, 0) is 0 Å². The molecule has 0 radical (unpaired) electrons. The van der Waals surface area contributed by atoms with Crippen molar-refractivity contribution in [2.24, 2.45) is 0 Å². The Morgan fingerprint density at radius 1 is 1.00 bits per heavy atom. The van der Waals surface area contributed by atoms with Crippen molar-refractivity contribution in [3.8, 4) is 11.6 Å². The molecule has 3 N–H and O–H groups in total. The van der Waals surface area contributed by atoms with E-state index in [-0.39, 0.29) is 11.6 Å². The van der Waals surface area contributed by atoms with Crippen LogP contribution in [0.5, 0.6) is 11.6 Å². The molecular weight excluding hydrogens is 302 g/mol. The predicted molar refractivity (Wildman–Crippen MR) is 85.5 cm³/mol. The number of aromatic nitrogens is 3. The molecule has 0 fully saturated rings. The molecule has 6 nitrogen and oxygen atoms in total. The van der Waals surface area contributed by atoms with Crippen molar-refractivity contribution >= 4 is 28.8 Å². The van der Waals surface area contributed by atoms with E-state index in [4.69, 9.17) is 22.1 Å². The number of nitrogens with two attached hydrogens (primary N) is 1. The summed E-state index contributed by atoms with van der Waals surface area (Å²) >= 11 is 6.01. The smallest absolute Gasteiger partial charge is 0.248 e. The Morgan fingerprint density at radius 2 is 1.82 bits per heavy atom. The number of anilines is 3. The van der Waals surface area contributed by atoms with E-state index in [1.807, 2.05) is 30.3 Å². The normalized spacial score (nSPS) is 10.2. The molecule has 0 saturated heterocycles. The van der Waals surface area contributed by atoms with Crippen molar-refractivity contribution in [3.63, 3.8) is 0 Å². The molecule has 2 heterocycles. The van der Waals surface area contributed by atoms with Crippen LogP contribution in [0.1, 0.15) is 0 Å². The summed E-state index contributed by atoms with van der Waals surface area (Å²) in [6, 6.07) is 12.8. The van der Waals surface area contributed by atoms with Crippen molar-refractivity contribution in [1.29, 1.82) is 0 Å². The molecule has 3 rings (SSSR count). The third kappa shape index (κ3) is 3.07. The Balaban J connectivity index is 1.88. The molecule has 0 aliphatic carbocycles. The fraction of sp³-hybridized carbons (Fsp3) is 0. The van der Waals surface area contributed by atoms with E-state index in [9.17, 15) is 0 Å². The summed E-state index contributed by atoms with van der Waals surface area (Å²) in [4.78, 5) is 12.1. The van der Waals surface area contributed by atoms with Gasteiger partial charge in [0.25, 0.3) is 0 Å². The summed E-state index contributed by atoms with van der Waals surface area (Å²) < 4.78 is 5.65. The summed E-state index contributed by atoms with van der Waals surface area (Å²) in [6.45, 7) is 0. The van der Waals surface area contributed by atoms with Crippen LogP contribution in [0.3, 0.4) is 0 Å². The van der Waals surface area contributed by atoms with E-state index in [1.165, 1.54) is 6.33 Å². The van der Waals surface area contributed by atoms with Gasteiger partial charge in [0.05, 0.1) is 5.69 Å². The quantitative estimate of drug-likeness (QED) is 0.715. The van der Waals surface area contributed by atoms with Crippen molar-refractivity contribution in [3.05, 3.63) is 60.1 Å². The Hall–Kier alpha value is -2.86. The van der Waals surface area contributed by atoms with Crippen molar-refractivity contribution in [2.45, 2.75) is 0 Å². The average molecular weight is 314 g/mol. The number of benzene rings is 1. The first-order chi connectivity index (χ1) is 10.7. The van der Waals surface area contributed by atoms with E-state index in [1.54, 1.807) is 18.3 Å². The van der Waals surface area contributed by atoms with E-state index in [0.29, 0.717) is 22.4 Å². The molecule has 7 heteroatoms. The van der Waals surface area contributed by atoms with Gasteiger partial charge < -0.3 is 15.8 Å². The molecule has 0 spiro atoms. The standard InChI is InChI=1S/C15H12ClN5O/c16-13-11(7-4-8-18-13)21-14-12(17)15(20-9-19-14)22-10-5-2-1-3-6-10/h1-9H,17H2,(H,19,20,21). The van der Waals surface area contributed by atoms with Gasteiger partial charge in [-0.05, 0) is 24.3 Å². The largest absolute Gasteiger partial charge is 0.437 e. The van der Waals surface area contributed by atoms with E-state index in [0.717, 1.165) is 0 Å². The van der Waals surface area contributed by atoms with Crippen LogP contribution in [0.2, 0.25) is 5.15 Å². The molecular formula is C15H12ClN5O. The molecule has 2 aromatic heterocycles. The Labute approximate surface area is 132 Å². The lowest BCUT2D eigenvalue weighted by atomic mass is 10.3. The van der Waals surface area contributed by atoms with Gasteiger partial charge >= 0.3 is 0 Å². The Kier molecular flexibility index (Phi) is 4.02. The first kappa shape index (κ1) is 14.1. The maximum atomic E-state index is 6.05. The van der Waals surface area contributed by atoms with Crippen molar-refractivity contribution in [1.82, 2.24) is 15.0 Å². The van der Waals surface area contributed by atoms with Gasteiger partial charge in [-0.3, -0.25) is 0 Å². The summed E-state index contributed by atoms with van der Waals surface area (Å²) in [6.07, 6.45) is 2.96. The number of nitrogens with zero attached hydrogens (tertiary/aromatic N) is 3. The van der Waals surface area contributed by atoms with Crippen LogP contribution in [0.4, 0.5) is 17.2 Å². The first-order valence-electron chi connectivity index (χ1n) is 6.45. The predicted octanol–water partition coefficient (Wildman–Crippen LogP) is 3.64. The van der Waals surface area contributed by atoms with Crippen molar-refractivity contribution in [2.75, 3.05) is 11.1 Å². The minimum Gasteiger partial charge on any atom is -0.437 e. The highest BCUT2D eigenvalue weighted by molar-refractivity contribution is 6.32. The van der Waals surface area contributed by atoms with Crippen LogP contribution in [0.15, 0.2) is 55.0 Å². The molecule has 0 aliphatic rings. The van der Waals surface area contributed by atoms with E-state index < -0.39 is 0 Å². The SMILES string of the molecule is Nc1c(Nc2cccnc2Cl)ncnc1Oc1ccccc1. The molecule has 0 atom stereocenters. The molecule has 22 heavy (non-hydrogen) atoms. The summed E-state index contributed by atoms with van der Waals surface area (Å²) in [7, 11) is 0. The number of para-hydroxylation sites is 1. The molecule has 0 bridgehead atoms. The van der Waals surface area contributed by atoms with Gasteiger partial charge in [-0.25, -0.2) is 9.97 Å². The molecule has 1 aromatic carbocycles. The van der Waals surface area contributed by atoms with Crippen LogP contribution in [-0.4, -0.2) is 15.0 Å². The maximum Gasteiger partial charge on any atom is 0.248 e. The van der Waals surface area contributed by atoms with Gasteiger partial charge in [0.1, 0.15) is 17.8 Å². The fourth-order valence-corrected chi connectivity index (χ4v) is 1.93. The number of rotatable bonds is 4. The van der Waals surface area contributed by atoms with E-state index in [2.05, 4.69) is 20.3 Å². The fourth-order valence-electron chi connectivity index (χ4n) is 1.77.